The molecule has 4 aromatic rings. The molecule has 5 rings (SSSR count). The molecule has 3 aromatic heterocycles. The molecule has 30 heavy (non-hydrogen) atoms. The van der Waals surface area contributed by atoms with Gasteiger partial charge >= 0.3 is 0 Å². The first kappa shape index (κ1) is 18.7. The van der Waals surface area contributed by atoms with Gasteiger partial charge < -0.3 is 16.4 Å². The van der Waals surface area contributed by atoms with Gasteiger partial charge in [0.25, 0.3) is 0 Å². The molecule has 0 saturated carbocycles. The lowest BCUT2D eigenvalue weighted by Gasteiger charge is -2.37. The highest BCUT2D eigenvalue weighted by Gasteiger charge is 2.24. The molecule has 1 saturated heterocycles. The molecule has 4 heterocycles. The second-order valence-electron chi connectivity index (χ2n) is 7.47. The fourth-order valence-corrected chi connectivity index (χ4v) is 4.27. The van der Waals surface area contributed by atoms with Crippen molar-refractivity contribution in [2.75, 3.05) is 23.7 Å². The van der Waals surface area contributed by atoms with Crippen LogP contribution in [0.25, 0.3) is 21.2 Å². The molecule has 0 spiro atoms. The van der Waals surface area contributed by atoms with Crippen LogP contribution in [-0.2, 0) is 6.42 Å². The zero-order valence-corrected chi connectivity index (χ0v) is 17.0. The van der Waals surface area contributed by atoms with E-state index in [1.807, 2.05) is 30.5 Å². The van der Waals surface area contributed by atoms with Gasteiger partial charge in [-0.1, -0.05) is 23.5 Å². The number of hydrogen-bond donors (Lipinski definition) is 2. The topological polar surface area (TPSA) is 111 Å². The van der Waals surface area contributed by atoms with Crippen molar-refractivity contribution >= 4 is 38.8 Å². The molecule has 0 aliphatic carbocycles. The molecule has 0 atom stereocenters. The summed E-state index contributed by atoms with van der Waals surface area (Å²) in [7, 11) is 0. The van der Waals surface area contributed by atoms with Crippen molar-refractivity contribution in [3.05, 3.63) is 66.2 Å². The number of thiazole rings is 1. The summed E-state index contributed by atoms with van der Waals surface area (Å²) in [5, 5.41) is 2.60. The van der Waals surface area contributed by atoms with Crippen molar-refractivity contribution in [1.29, 1.82) is 0 Å². The van der Waals surface area contributed by atoms with E-state index in [0.29, 0.717) is 10.7 Å². The molecule has 150 valence electrons. The number of carbonyl (C=O) groups is 1. The van der Waals surface area contributed by atoms with E-state index in [4.69, 9.17) is 11.5 Å². The van der Waals surface area contributed by atoms with Crippen LogP contribution < -0.4 is 16.4 Å². The summed E-state index contributed by atoms with van der Waals surface area (Å²) in [5.74, 6) is 0.809. The second kappa shape index (κ2) is 7.47. The van der Waals surface area contributed by atoms with Crippen LogP contribution in [0.5, 0.6) is 0 Å². The van der Waals surface area contributed by atoms with Gasteiger partial charge in [0.05, 0.1) is 11.3 Å². The summed E-state index contributed by atoms with van der Waals surface area (Å²) in [5.41, 5.74) is 14.0. The van der Waals surface area contributed by atoms with Crippen LogP contribution in [0.4, 0.5) is 10.9 Å². The number of pyridine rings is 2. The smallest absolute Gasteiger partial charge is 0.180 e. The number of nitrogens with two attached hydrogens (primary N) is 2. The molecule has 1 aliphatic heterocycles. The minimum atomic E-state index is 0.0155. The molecule has 0 bridgehead atoms. The quantitative estimate of drug-likeness (QED) is 0.481. The van der Waals surface area contributed by atoms with Gasteiger partial charge in [-0.25, -0.2) is 9.97 Å². The molecule has 0 unspecified atom stereocenters. The first-order valence-electron chi connectivity index (χ1n) is 9.65. The molecule has 8 heteroatoms. The van der Waals surface area contributed by atoms with Crippen LogP contribution in [-0.4, -0.2) is 39.9 Å². The van der Waals surface area contributed by atoms with Gasteiger partial charge in [0.15, 0.2) is 10.9 Å². The van der Waals surface area contributed by atoms with Crippen molar-refractivity contribution in [3.8, 4) is 10.4 Å². The Bertz CT molecular complexity index is 1250. The zero-order chi connectivity index (χ0) is 20.7. The van der Waals surface area contributed by atoms with Gasteiger partial charge in [-0.2, -0.15) is 0 Å². The van der Waals surface area contributed by atoms with E-state index in [2.05, 4.69) is 25.9 Å². The summed E-state index contributed by atoms with van der Waals surface area (Å²) in [6, 6.07) is 11.9. The van der Waals surface area contributed by atoms with E-state index < -0.39 is 0 Å². The van der Waals surface area contributed by atoms with Gasteiger partial charge in [-0.15, -0.1) is 0 Å². The molecule has 1 aromatic carbocycles. The van der Waals surface area contributed by atoms with Crippen molar-refractivity contribution in [1.82, 2.24) is 15.0 Å². The highest BCUT2D eigenvalue weighted by molar-refractivity contribution is 7.18. The van der Waals surface area contributed by atoms with Gasteiger partial charge in [0, 0.05) is 54.4 Å². The van der Waals surface area contributed by atoms with Crippen LogP contribution in [0.3, 0.4) is 0 Å². The molecule has 0 radical (unpaired) electrons. The van der Waals surface area contributed by atoms with E-state index in [0.717, 1.165) is 45.8 Å². The van der Waals surface area contributed by atoms with E-state index in [-0.39, 0.29) is 18.2 Å². The Morgan fingerprint density at radius 1 is 1.07 bits per heavy atom. The van der Waals surface area contributed by atoms with E-state index >= 15 is 0 Å². The van der Waals surface area contributed by atoms with E-state index in [1.165, 1.54) is 11.3 Å². The summed E-state index contributed by atoms with van der Waals surface area (Å²) in [6.07, 6.45) is 5.49. The van der Waals surface area contributed by atoms with Crippen LogP contribution in [0, 0.1) is 0 Å². The summed E-state index contributed by atoms with van der Waals surface area (Å²) >= 11 is 1.45. The van der Waals surface area contributed by atoms with Crippen molar-refractivity contribution in [2.24, 2.45) is 5.73 Å². The monoisotopic (exact) mass is 416 g/mol. The maximum atomic E-state index is 12.9. The predicted molar refractivity (Wildman–Crippen MR) is 120 cm³/mol. The average molecular weight is 417 g/mol. The number of benzene rings is 1. The molecule has 7 nitrogen and oxygen atoms in total. The number of anilines is 2. The third-order valence-electron chi connectivity index (χ3n) is 5.23. The molecular formula is C22H20N6OS. The number of carbonyl (C=O) groups excluding carboxylic acids is 1. The first-order chi connectivity index (χ1) is 14.5. The lowest BCUT2D eigenvalue weighted by Crippen LogP contribution is -2.56. The van der Waals surface area contributed by atoms with Gasteiger partial charge in [0.2, 0.25) is 0 Å². The SMILES string of the molecule is Nc1ncc(-c2ccc3cnc(CC(=O)c4ccnc(N5CC(N)C5)c4)cc3c2)s1. The molecule has 1 aliphatic rings. The molecular weight excluding hydrogens is 396 g/mol. The third kappa shape index (κ3) is 3.62. The number of hydrogen-bond acceptors (Lipinski definition) is 8. The maximum Gasteiger partial charge on any atom is 0.180 e. The number of aromatic nitrogens is 3. The number of fused-ring (bicyclic) bond motifs is 1. The average Bonchev–Trinajstić information content (AvgIpc) is 3.17. The van der Waals surface area contributed by atoms with E-state index in [9.17, 15) is 4.79 Å². The Labute approximate surface area is 177 Å². The van der Waals surface area contributed by atoms with Crippen molar-refractivity contribution in [2.45, 2.75) is 12.5 Å². The van der Waals surface area contributed by atoms with E-state index in [1.54, 1.807) is 18.5 Å². The van der Waals surface area contributed by atoms with Crippen LogP contribution in [0.1, 0.15) is 16.1 Å². The fraction of sp³-hybridized carbons (Fsp3) is 0.182. The highest BCUT2D eigenvalue weighted by Crippen LogP contribution is 2.30. The van der Waals surface area contributed by atoms with Crippen LogP contribution in [0.15, 0.2) is 55.0 Å². The minimum absolute atomic E-state index is 0.0155. The van der Waals surface area contributed by atoms with Gasteiger partial charge in [0.1, 0.15) is 5.82 Å². The number of nitrogens with zero attached hydrogens (tertiary/aromatic N) is 4. The van der Waals surface area contributed by atoms with Crippen LogP contribution >= 0.6 is 11.3 Å². The largest absolute Gasteiger partial charge is 0.375 e. The lowest BCUT2D eigenvalue weighted by molar-refractivity contribution is 0.0992. The Morgan fingerprint density at radius 2 is 1.93 bits per heavy atom. The maximum absolute atomic E-state index is 12.9. The Balaban J connectivity index is 1.38. The number of Topliss-reactive ketones (excluding diaryl/α,β-unsaturated/α-hetero) is 1. The van der Waals surface area contributed by atoms with Crippen molar-refractivity contribution in [3.63, 3.8) is 0 Å². The summed E-state index contributed by atoms with van der Waals surface area (Å²) < 4.78 is 0. The molecule has 1 fully saturated rings. The number of nitrogen functional groups attached to an aromatic ring is 1. The zero-order valence-electron chi connectivity index (χ0n) is 16.2. The summed E-state index contributed by atoms with van der Waals surface area (Å²) in [6.45, 7) is 1.54. The molecule has 4 N–H and O–H groups in total. The van der Waals surface area contributed by atoms with Crippen molar-refractivity contribution < 1.29 is 4.79 Å². The summed E-state index contributed by atoms with van der Waals surface area (Å²) in [4.78, 5) is 28.9. The van der Waals surface area contributed by atoms with Gasteiger partial charge in [-0.05, 0) is 35.2 Å². The Kier molecular flexibility index (Phi) is 4.65. The lowest BCUT2D eigenvalue weighted by atomic mass is 10.0. The third-order valence-corrected chi connectivity index (χ3v) is 6.10. The molecule has 0 amide bonds. The first-order valence-corrected chi connectivity index (χ1v) is 10.5. The standard InChI is InChI=1S/C22H20N6OS/c23-17-11-28(12-17)21-7-13(3-4-25-21)19(29)8-18-6-16-5-14(1-2-15(16)9-26-18)20-10-27-22(24)30-20/h1-7,9-10,17H,8,11-12,23H2,(H2,24,27). The second-order valence-corrected chi connectivity index (χ2v) is 8.53. The fourth-order valence-electron chi connectivity index (χ4n) is 3.59. The Hall–Kier alpha value is -3.36. The number of ketones is 1. The van der Waals surface area contributed by atoms with Gasteiger partial charge in [-0.3, -0.25) is 9.78 Å². The normalized spacial score (nSPS) is 14.1. The minimum Gasteiger partial charge on any atom is -0.375 e. The Morgan fingerprint density at radius 3 is 2.70 bits per heavy atom. The van der Waals surface area contributed by atoms with Crippen LogP contribution in [0.2, 0.25) is 0 Å². The predicted octanol–water partition coefficient (Wildman–Crippen LogP) is 2.91. The number of rotatable bonds is 5. The highest BCUT2D eigenvalue weighted by atomic mass is 32.1.